The van der Waals surface area contributed by atoms with Gasteiger partial charge in [0.05, 0.1) is 18.5 Å². The largest absolute Gasteiger partial charge is 0.494 e. The summed E-state index contributed by atoms with van der Waals surface area (Å²) in [5, 5.41) is 0. The van der Waals surface area contributed by atoms with Gasteiger partial charge < -0.3 is 15.5 Å². The van der Waals surface area contributed by atoms with E-state index in [0.717, 1.165) is 35.7 Å². The summed E-state index contributed by atoms with van der Waals surface area (Å²) in [5.41, 5.74) is 8.27. The molecule has 4 nitrogen and oxygen atoms in total. The predicted octanol–water partition coefficient (Wildman–Crippen LogP) is 3.46. The van der Waals surface area contributed by atoms with Gasteiger partial charge in [-0.1, -0.05) is 6.42 Å². The van der Waals surface area contributed by atoms with E-state index < -0.39 is 0 Å². The third-order valence-corrected chi connectivity index (χ3v) is 4.17. The number of H-pyrrole nitrogens is 1. The van der Waals surface area contributed by atoms with Gasteiger partial charge >= 0.3 is 0 Å². The van der Waals surface area contributed by atoms with Crippen molar-refractivity contribution in [2.24, 2.45) is 5.73 Å². The van der Waals surface area contributed by atoms with E-state index in [1.54, 1.807) is 0 Å². The van der Waals surface area contributed by atoms with Gasteiger partial charge in [0.15, 0.2) is 0 Å². The van der Waals surface area contributed by atoms with Crippen molar-refractivity contribution < 1.29 is 4.74 Å². The van der Waals surface area contributed by atoms with Crippen LogP contribution in [0.3, 0.4) is 0 Å². The van der Waals surface area contributed by atoms with E-state index in [1.165, 1.54) is 12.8 Å². The number of aromatic nitrogens is 2. The van der Waals surface area contributed by atoms with Crippen LogP contribution in [0.25, 0.3) is 11.3 Å². The minimum atomic E-state index is 0.322. The maximum atomic E-state index is 6.07. The maximum Gasteiger partial charge on any atom is 0.119 e. The smallest absolute Gasteiger partial charge is 0.119 e. The van der Waals surface area contributed by atoms with E-state index >= 15 is 0 Å². The highest BCUT2D eigenvalue weighted by atomic mass is 16.5. The van der Waals surface area contributed by atoms with Crippen molar-refractivity contribution in [3.8, 4) is 17.0 Å². The first-order valence-electron chi connectivity index (χ1n) is 7.80. The van der Waals surface area contributed by atoms with Crippen molar-refractivity contribution in [3.05, 3.63) is 36.3 Å². The highest BCUT2D eigenvalue weighted by Gasteiger charge is 2.23. The van der Waals surface area contributed by atoms with Crippen LogP contribution in [0.4, 0.5) is 0 Å². The van der Waals surface area contributed by atoms with Crippen molar-refractivity contribution in [1.82, 2.24) is 9.97 Å². The summed E-state index contributed by atoms with van der Waals surface area (Å²) >= 11 is 0. The molecule has 0 radical (unpaired) electrons. The number of hydrogen-bond donors (Lipinski definition) is 2. The van der Waals surface area contributed by atoms with Crippen LogP contribution in [0.5, 0.6) is 5.75 Å². The molecule has 112 valence electrons. The number of rotatable bonds is 4. The Kier molecular flexibility index (Phi) is 4.25. The van der Waals surface area contributed by atoms with E-state index in [0.29, 0.717) is 18.6 Å². The molecule has 0 bridgehead atoms. The zero-order chi connectivity index (χ0) is 14.7. The Hall–Kier alpha value is -1.81. The molecule has 1 aromatic carbocycles. The second-order valence-corrected chi connectivity index (χ2v) is 5.76. The lowest BCUT2D eigenvalue weighted by molar-refractivity contribution is 0.340. The SMILES string of the molecule is CCOc1ccc(-c2cnc(C3CCCC(N)C3)[nH]2)cc1. The topological polar surface area (TPSA) is 63.9 Å². The molecular formula is C17H23N3O. The lowest BCUT2D eigenvalue weighted by atomic mass is 9.86. The van der Waals surface area contributed by atoms with Gasteiger partial charge in [0.1, 0.15) is 11.6 Å². The van der Waals surface area contributed by atoms with Gasteiger partial charge in [0.25, 0.3) is 0 Å². The average Bonchev–Trinajstić information content (AvgIpc) is 2.98. The Labute approximate surface area is 125 Å². The summed E-state index contributed by atoms with van der Waals surface area (Å²) in [5.74, 6) is 2.46. The first-order valence-corrected chi connectivity index (χ1v) is 7.80. The summed E-state index contributed by atoms with van der Waals surface area (Å²) in [6.07, 6.45) is 6.49. The van der Waals surface area contributed by atoms with E-state index in [2.05, 4.69) is 22.1 Å². The molecule has 0 amide bonds. The zero-order valence-corrected chi connectivity index (χ0v) is 12.5. The second-order valence-electron chi connectivity index (χ2n) is 5.76. The summed E-state index contributed by atoms with van der Waals surface area (Å²) in [6.45, 7) is 2.68. The predicted molar refractivity (Wildman–Crippen MR) is 84.4 cm³/mol. The highest BCUT2D eigenvalue weighted by Crippen LogP contribution is 2.31. The number of ether oxygens (including phenoxy) is 1. The molecule has 2 unspecified atom stereocenters. The molecule has 2 aromatic rings. The molecule has 1 aliphatic carbocycles. The maximum absolute atomic E-state index is 6.07. The van der Waals surface area contributed by atoms with Gasteiger partial charge in [-0.15, -0.1) is 0 Å². The molecular weight excluding hydrogens is 262 g/mol. The van der Waals surface area contributed by atoms with Crippen LogP contribution in [0.15, 0.2) is 30.5 Å². The number of aromatic amines is 1. The van der Waals surface area contributed by atoms with E-state index in [4.69, 9.17) is 10.5 Å². The lowest BCUT2D eigenvalue weighted by Gasteiger charge is -2.24. The van der Waals surface area contributed by atoms with Gasteiger partial charge in [-0.3, -0.25) is 0 Å². The number of imidazole rings is 1. The number of nitrogens with one attached hydrogen (secondary N) is 1. The molecule has 0 spiro atoms. The summed E-state index contributed by atoms with van der Waals surface area (Å²) < 4.78 is 5.47. The first kappa shape index (κ1) is 14.1. The Morgan fingerprint density at radius 1 is 1.29 bits per heavy atom. The normalized spacial score (nSPS) is 22.2. The van der Waals surface area contributed by atoms with Gasteiger partial charge in [0, 0.05) is 12.0 Å². The van der Waals surface area contributed by atoms with Crippen molar-refractivity contribution in [2.45, 2.75) is 44.6 Å². The van der Waals surface area contributed by atoms with Crippen LogP contribution in [0.2, 0.25) is 0 Å². The fourth-order valence-electron chi connectivity index (χ4n) is 3.06. The van der Waals surface area contributed by atoms with Gasteiger partial charge in [-0.05, 0) is 56.0 Å². The quantitative estimate of drug-likeness (QED) is 0.904. The average molecular weight is 285 g/mol. The number of hydrogen-bond acceptors (Lipinski definition) is 3. The van der Waals surface area contributed by atoms with Crippen LogP contribution in [-0.4, -0.2) is 22.6 Å². The van der Waals surface area contributed by atoms with Crippen LogP contribution in [0, 0.1) is 0 Å². The molecule has 21 heavy (non-hydrogen) atoms. The molecule has 1 aliphatic rings. The van der Waals surface area contributed by atoms with Crippen molar-refractivity contribution in [3.63, 3.8) is 0 Å². The van der Waals surface area contributed by atoms with Crippen molar-refractivity contribution in [1.29, 1.82) is 0 Å². The highest BCUT2D eigenvalue weighted by molar-refractivity contribution is 5.59. The summed E-state index contributed by atoms with van der Waals surface area (Å²) in [4.78, 5) is 8.03. The van der Waals surface area contributed by atoms with Gasteiger partial charge in [-0.2, -0.15) is 0 Å². The summed E-state index contributed by atoms with van der Waals surface area (Å²) in [7, 11) is 0. The number of nitrogens with zero attached hydrogens (tertiary/aromatic N) is 1. The molecule has 1 heterocycles. The third kappa shape index (κ3) is 3.27. The fourth-order valence-corrected chi connectivity index (χ4v) is 3.06. The Morgan fingerprint density at radius 3 is 2.81 bits per heavy atom. The third-order valence-electron chi connectivity index (χ3n) is 4.17. The van der Waals surface area contributed by atoms with Crippen molar-refractivity contribution >= 4 is 0 Å². The fraction of sp³-hybridized carbons (Fsp3) is 0.471. The van der Waals surface area contributed by atoms with Crippen LogP contribution in [0.1, 0.15) is 44.3 Å². The van der Waals surface area contributed by atoms with Gasteiger partial charge in [0.2, 0.25) is 0 Å². The van der Waals surface area contributed by atoms with Crippen molar-refractivity contribution in [2.75, 3.05) is 6.61 Å². The molecule has 1 fully saturated rings. The molecule has 3 rings (SSSR count). The monoisotopic (exact) mass is 285 g/mol. The lowest BCUT2D eigenvalue weighted by Crippen LogP contribution is -2.27. The number of nitrogens with two attached hydrogens (primary N) is 1. The molecule has 0 aliphatic heterocycles. The minimum Gasteiger partial charge on any atom is -0.494 e. The Morgan fingerprint density at radius 2 is 2.10 bits per heavy atom. The molecule has 1 saturated carbocycles. The Balaban J connectivity index is 1.74. The molecule has 4 heteroatoms. The molecule has 3 N–H and O–H groups in total. The zero-order valence-electron chi connectivity index (χ0n) is 12.5. The van der Waals surface area contributed by atoms with Crippen LogP contribution in [-0.2, 0) is 0 Å². The minimum absolute atomic E-state index is 0.322. The Bertz CT molecular complexity index is 576. The van der Waals surface area contributed by atoms with Crippen LogP contribution < -0.4 is 10.5 Å². The second kappa shape index (κ2) is 6.31. The van der Waals surface area contributed by atoms with E-state index in [9.17, 15) is 0 Å². The summed E-state index contributed by atoms with van der Waals surface area (Å²) in [6, 6.07) is 8.44. The van der Waals surface area contributed by atoms with E-state index in [-0.39, 0.29) is 0 Å². The van der Waals surface area contributed by atoms with E-state index in [1.807, 2.05) is 25.3 Å². The van der Waals surface area contributed by atoms with Crippen LogP contribution >= 0.6 is 0 Å². The van der Waals surface area contributed by atoms with Gasteiger partial charge in [-0.25, -0.2) is 4.98 Å². The number of benzene rings is 1. The molecule has 2 atom stereocenters. The standard InChI is InChI=1S/C17H23N3O/c1-2-21-15-8-6-12(7-9-15)16-11-19-17(20-16)13-4-3-5-14(18)10-13/h6-9,11,13-14H,2-5,10,18H2,1H3,(H,19,20). The first-order chi connectivity index (χ1) is 10.3. The molecule has 0 saturated heterocycles. The molecule has 1 aromatic heterocycles.